The van der Waals surface area contributed by atoms with E-state index in [0.29, 0.717) is 13.0 Å². The molecule has 110 valence electrons. The Balaban J connectivity index is 2.51. The molecule has 0 aromatic heterocycles. The molecule has 0 saturated carbocycles. The minimum absolute atomic E-state index is 0.0107. The van der Waals surface area contributed by atoms with Crippen molar-refractivity contribution in [2.24, 2.45) is 5.41 Å². The first-order valence-corrected chi connectivity index (χ1v) is 6.86. The van der Waals surface area contributed by atoms with Gasteiger partial charge in [0.1, 0.15) is 5.78 Å². The Morgan fingerprint density at radius 2 is 1.89 bits per heavy atom. The molecular formula is C14H27N3O2. The molecule has 0 aromatic carbocycles. The molecule has 1 aliphatic heterocycles. The number of rotatable bonds is 4. The Morgan fingerprint density at radius 3 is 2.32 bits per heavy atom. The van der Waals surface area contributed by atoms with Gasteiger partial charge in [0.15, 0.2) is 0 Å². The van der Waals surface area contributed by atoms with E-state index >= 15 is 0 Å². The minimum Gasteiger partial charge on any atom is -0.314 e. The van der Waals surface area contributed by atoms with Crippen LogP contribution in [0.4, 0.5) is 0 Å². The van der Waals surface area contributed by atoms with Gasteiger partial charge < -0.3 is 5.32 Å². The van der Waals surface area contributed by atoms with Crippen molar-refractivity contribution in [1.82, 2.24) is 15.8 Å². The van der Waals surface area contributed by atoms with Gasteiger partial charge in [0, 0.05) is 29.8 Å². The van der Waals surface area contributed by atoms with Gasteiger partial charge in [0.25, 0.3) is 0 Å². The van der Waals surface area contributed by atoms with Gasteiger partial charge in [-0.05, 0) is 20.9 Å². The molecule has 1 unspecified atom stereocenters. The van der Waals surface area contributed by atoms with Crippen LogP contribution in [-0.4, -0.2) is 41.9 Å². The second kappa shape index (κ2) is 5.59. The van der Waals surface area contributed by atoms with Crippen LogP contribution in [0.3, 0.4) is 0 Å². The zero-order valence-electron chi connectivity index (χ0n) is 13.0. The molecule has 1 fully saturated rings. The van der Waals surface area contributed by atoms with Crippen LogP contribution >= 0.6 is 0 Å². The Labute approximate surface area is 116 Å². The Kier molecular flexibility index (Phi) is 4.74. The first kappa shape index (κ1) is 16.1. The number of hydrogen-bond acceptors (Lipinski definition) is 4. The normalized spacial score (nSPS) is 22.6. The Hall–Kier alpha value is -0.940. The maximum absolute atomic E-state index is 12.1. The summed E-state index contributed by atoms with van der Waals surface area (Å²) < 4.78 is 0. The third-order valence-corrected chi connectivity index (χ3v) is 3.71. The summed E-state index contributed by atoms with van der Waals surface area (Å²) in [5, 5.41) is 4.84. The number of amides is 1. The lowest BCUT2D eigenvalue weighted by Crippen LogP contribution is -2.50. The van der Waals surface area contributed by atoms with Crippen molar-refractivity contribution in [3.63, 3.8) is 0 Å². The summed E-state index contributed by atoms with van der Waals surface area (Å²) in [5.74, 6) is 0.118. The van der Waals surface area contributed by atoms with Crippen molar-refractivity contribution in [2.75, 3.05) is 13.6 Å². The average Bonchev–Trinajstić information content (AvgIpc) is 2.59. The van der Waals surface area contributed by atoms with E-state index in [2.05, 4.69) is 24.6 Å². The largest absolute Gasteiger partial charge is 0.314 e. The summed E-state index contributed by atoms with van der Waals surface area (Å²) in [6.45, 7) is 10.4. The molecule has 1 saturated heterocycles. The van der Waals surface area contributed by atoms with Gasteiger partial charge in [-0.2, -0.15) is 0 Å². The van der Waals surface area contributed by atoms with Crippen molar-refractivity contribution < 1.29 is 9.59 Å². The van der Waals surface area contributed by atoms with Crippen LogP contribution < -0.4 is 10.7 Å². The maximum Gasteiger partial charge on any atom is 0.237 e. The highest BCUT2D eigenvalue weighted by Crippen LogP contribution is 2.21. The third kappa shape index (κ3) is 4.01. The standard InChI is InChI=1S/C14H27N3O2/c1-13(2,3)11(18)7-8-12(19)17-9-10(15-6)14(4,5)16-17/h10,15-16H,7-9H2,1-6H3. The van der Waals surface area contributed by atoms with Crippen LogP contribution in [0.25, 0.3) is 0 Å². The quantitative estimate of drug-likeness (QED) is 0.802. The van der Waals surface area contributed by atoms with E-state index in [1.54, 1.807) is 5.01 Å². The highest BCUT2D eigenvalue weighted by atomic mass is 16.2. The number of hydrogen-bond donors (Lipinski definition) is 2. The predicted molar refractivity (Wildman–Crippen MR) is 75.5 cm³/mol. The maximum atomic E-state index is 12.1. The van der Waals surface area contributed by atoms with Crippen LogP contribution in [0.2, 0.25) is 0 Å². The van der Waals surface area contributed by atoms with Crippen molar-refractivity contribution in [2.45, 2.75) is 59.0 Å². The fourth-order valence-corrected chi connectivity index (χ4v) is 2.23. The van der Waals surface area contributed by atoms with Crippen LogP contribution in [0.1, 0.15) is 47.5 Å². The average molecular weight is 269 g/mol. The highest BCUT2D eigenvalue weighted by molar-refractivity contribution is 5.88. The lowest BCUT2D eigenvalue weighted by Gasteiger charge is -2.25. The van der Waals surface area contributed by atoms with Crippen molar-refractivity contribution >= 4 is 11.7 Å². The number of ketones is 1. The lowest BCUT2D eigenvalue weighted by molar-refractivity contribution is -0.136. The molecule has 2 N–H and O–H groups in total. The number of likely N-dealkylation sites (N-methyl/N-ethyl adjacent to an activating group) is 1. The molecule has 0 aliphatic carbocycles. The topological polar surface area (TPSA) is 61.4 Å². The van der Waals surface area contributed by atoms with Crippen molar-refractivity contribution in [3.05, 3.63) is 0 Å². The zero-order valence-corrected chi connectivity index (χ0v) is 13.0. The molecule has 5 heteroatoms. The van der Waals surface area contributed by atoms with Crippen LogP contribution in [-0.2, 0) is 9.59 Å². The SMILES string of the molecule is CNC1CN(C(=O)CCC(=O)C(C)(C)C)NC1(C)C. The summed E-state index contributed by atoms with van der Waals surface area (Å²) in [7, 11) is 1.89. The monoisotopic (exact) mass is 269 g/mol. The number of Topliss-reactive ketones (excluding diaryl/α,β-unsaturated/α-hetero) is 1. The van der Waals surface area contributed by atoms with Gasteiger partial charge >= 0.3 is 0 Å². The second-order valence-corrected chi connectivity index (χ2v) is 6.85. The van der Waals surface area contributed by atoms with E-state index in [9.17, 15) is 9.59 Å². The molecule has 1 heterocycles. The van der Waals surface area contributed by atoms with E-state index in [4.69, 9.17) is 0 Å². The van der Waals surface area contributed by atoms with Crippen LogP contribution in [0.15, 0.2) is 0 Å². The predicted octanol–water partition coefficient (Wildman–Crippen LogP) is 1.10. The van der Waals surface area contributed by atoms with Crippen LogP contribution in [0.5, 0.6) is 0 Å². The van der Waals surface area contributed by atoms with E-state index < -0.39 is 0 Å². The second-order valence-electron chi connectivity index (χ2n) is 6.85. The number of carbonyl (C=O) groups is 2. The molecule has 1 amide bonds. The summed E-state index contributed by atoms with van der Waals surface area (Å²) >= 11 is 0. The molecule has 0 spiro atoms. The van der Waals surface area contributed by atoms with Gasteiger partial charge in [-0.15, -0.1) is 0 Å². The number of nitrogens with one attached hydrogen (secondary N) is 2. The fraction of sp³-hybridized carbons (Fsp3) is 0.857. The molecule has 19 heavy (non-hydrogen) atoms. The summed E-state index contributed by atoms with van der Waals surface area (Å²) in [6, 6.07) is 0.217. The smallest absolute Gasteiger partial charge is 0.237 e. The number of hydrazine groups is 1. The molecule has 0 radical (unpaired) electrons. The van der Waals surface area contributed by atoms with Gasteiger partial charge in [-0.25, -0.2) is 5.43 Å². The zero-order chi connectivity index (χ0) is 14.8. The minimum atomic E-state index is -0.370. The van der Waals surface area contributed by atoms with E-state index in [-0.39, 0.29) is 35.1 Å². The summed E-state index contributed by atoms with van der Waals surface area (Å²) in [5.41, 5.74) is 2.68. The molecule has 0 bridgehead atoms. The molecular weight excluding hydrogens is 242 g/mol. The Bertz CT molecular complexity index is 358. The van der Waals surface area contributed by atoms with Crippen molar-refractivity contribution in [3.8, 4) is 0 Å². The molecule has 1 atom stereocenters. The molecule has 1 aliphatic rings. The van der Waals surface area contributed by atoms with Crippen LogP contribution in [0, 0.1) is 5.41 Å². The first-order chi connectivity index (χ1) is 8.58. The van der Waals surface area contributed by atoms with Gasteiger partial charge in [0.05, 0.1) is 6.54 Å². The van der Waals surface area contributed by atoms with E-state index in [0.717, 1.165) is 0 Å². The number of carbonyl (C=O) groups excluding carboxylic acids is 2. The fourth-order valence-electron chi connectivity index (χ4n) is 2.23. The third-order valence-electron chi connectivity index (χ3n) is 3.71. The summed E-state index contributed by atoms with van der Waals surface area (Å²) in [4.78, 5) is 23.9. The van der Waals surface area contributed by atoms with Gasteiger partial charge in [0.2, 0.25) is 5.91 Å². The highest BCUT2D eigenvalue weighted by Gasteiger charge is 2.40. The molecule has 1 rings (SSSR count). The molecule has 0 aromatic rings. The summed E-state index contributed by atoms with van der Waals surface area (Å²) in [6.07, 6.45) is 0.584. The van der Waals surface area contributed by atoms with E-state index in [1.165, 1.54) is 0 Å². The lowest BCUT2D eigenvalue weighted by atomic mass is 9.88. The van der Waals surface area contributed by atoms with E-state index in [1.807, 2.05) is 27.8 Å². The van der Waals surface area contributed by atoms with Gasteiger partial charge in [-0.1, -0.05) is 20.8 Å². The first-order valence-electron chi connectivity index (χ1n) is 6.86. The molecule has 5 nitrogen and oxygen atoms in total. The van der Waals surface area contributed by atoms with Crippen molar-refractivity contribution in [1.29, 1.82) is 0 Å². The Morgan fingerprint density at radius 1 is 1.32 bits per heavy atom. The number of nitrogens with zero attached hydrogens (tertiary/aromatic N) is 1. The van der Waals surface area contributed by atoms with Gasteiger partial charge in [-0.3, -0.25) is 14.6 Å².